The van der Waals surface area contributed by atoms with E-state index >= 15 is 0 Å². The van der Waals surface area contributed by atoms with Crippen LogP contribution in [0.2, 0.25) is 0 Å². The Morgan fingerprint density at radius 1 is 1.38 bits per heavy atom. The molecule has 1 aromatic carbocycles. The van der Waals surface area contributed by atoms with Crippen molar-refractivity contribution in [1.82, 2.24) is 10.3 Å². The summed E-state index contributed by atoms with van der Waals surface area (Å²) in [5.41, 5.74) is 0.737. The molecule has 21 heavy (non-hydrogen) atoms. The first-order valence-electron chi connectivity index (χ1n) is 6.38. The Morgan fingerprint density at radius 3 is 2.62 bits per heavy atom. The Kier molecular flexibility index (Phi) is 4.32. The third-order valence-corrected chi connectivity index (χ3v) is 4.28. The van der Waals surface area contributed by atoms with Gasteiger partial charge in [0.05, 0.1) is 21.7 Å². The number of carbonyl (C=O) groups excluding carboxylic acids is 1. The fraction of sp³-hybridized carbons (Fsp3) is 0.286. The number of amides is 1. The number of nitrogens with zero attached hydrogens (tertiary/aromatic N) is 2. The van der Waals surface area contributed by atoms with Gasteiger partial charge in [-0.2, -0.15) is 0 Å². The van der Waals surface area contributed by atoms with Crippen LogP contribution >= 0.6 is 11.3 Å². The number of nitro benzene ring substituents is 1. The van der Waals surface area contributed by atoms with Crippen molar-refractivity contribution >= 4 is 22.9 Å². The molecule has 1 aromatic heterocycles. The van der Waals surface area contributed by atoms with Crippen molar-refractivity contribution in [2.45, 2.75) is 26.8 Å². The van der Waals surface area contributed by atoms with Gasteiger partial charge in [-0.3, -0.25) is 14.9 Å². The standard InChI is InChI=1S/C14H15N3O3S/c1-8-13(21-10(3)15-8)9(2)16-14(18)11-6-4-5-7-12(11)17(19)20/h4-7,9H,1-3H3,(H,16,18)/t9-/m1/s1. The van der Waals surface area contributed by atoms with Gasteiger partial charge in [-0.05, 0) is 26.8 Å². The van der Waals surface area contributed by atoms with E-state index in [2.05, 4.69) is 10.3 Å². The van der Waals surface area contributed by atoms with E-state index in [4.69, 9.17) is 0 Å². The van der Waals surface area contributed by atoms with Crippen molar-refractivity contribution in [3.8, 4) is 0 Å². The molecule has 0 aliphatic heterocycles. The Balaban J connectivity index is 2.22. The lowest BCUT2D eigenvalue weighted by Gasteiger charge is -2.13. The molecule has 1 heterocycles. The number of nitro groups is 1. The Morgan fingerprint density at radius 2 is 2.05 bits per heavy atom. The van der Waals surface area contributed by atoms with Gasteiger partial charge in [0.25, 0.3) is 11.6 Å². The van der Waals surface area contributed by atoms with Gasteiger partial charge in [-0.15, -0.1) is 11.3 Å². The number of aryl methyl sites for hydroxylation is 2. The average Bonchev–Trinajstić information content (AvgIpc) is 2.77. The summed E-state index contributed by atoms with van der Waals surface area (Å²) in [5.74, 6) is -0.458. The van der Waals surface area contributed by atoms with E-state index in [1.165, 1.54) is 29.5 Å². The molecule has 0 radical (unpaired) electrons. The minimum Gasteiger partial charge on any atom is -0.344 e. The third-order valence-electron chi connectivity index (χ3n) is 3.03. The summed E-state index contributed by atoms with van der Waals surface area (Å²) in [4.78, 5) is 27.9. The highest BCUT2D eigenvalue weighted by Crippen LogP contribution is 2.25. The third kappa shape index (κ3) is 3.25. The lowest BCUT2D eigenvalue weighted by molar-refractivity contribution is -0.385. The summed E-state index contributed by atoms with van der Waals surface area (Å²) in [5, 5.41) is 14.7. The Labute approximate surface area is 126 Å². The van der Waals surface area contributed by atoms with Crippen LogP contribution < -0.4 is 5.32 Å². The van der Waals surface area contributed by atoms with Gasteiger partial charge < -0.3 is 5.32 Å². The van der Waals surface area contributed by atoms with Crippen LogP contribution in [0.25, 0.3) is 0 Å². The summed E-state index contributed by atoms with van der Waals surface area (Å²) in [6, 6.07) is 5.67. The van der Waals surface area contributed by atoms with E-state index in [9.17, 15) is 14.9 Å². The average molecular weight is 305 g/mol. The maximum atomic E-state index is 12.2. The summed E-state index contributed by atoms with van der Waals surface area (Å²) < 4.78 is 0. The fourth-order valence-electron chi connectivity index (χ4n) is 2.11. The molecule has 0 saturated carbocycles. The molecule has 6 nitrogen and oxygen atoms in total. The van der Waals surface area contributed by atoms with E-state index in [-0.39, 0.29) is 17.3 Å². The van der Waals surface area contributed by atoms with E-state index < -0.39 is 10.8 Å². The molecule has 2 aromatic rings. The molecule has 0 saturated heterocycles. The number of thiazole rings is 1. The van der Waals surface area contributed by atoms with Gasteiger partial charge in [0.1, 0.15) is 5.56 Å². The first-order chi connectivity index (χ1) is 9.90. The van der Waals surface area contributed by atoms with E-state index in [1.54, 1.807) is 6.07 Å². The highest BCUT2D eigenvalue weighted by Gasteiger charge is 2.22. The van der Waals surface area contributed by atoms with Crippen LogP contribution in [-0.4, -0.2) is 15.8 Å². The number of hydrogen-bond acceptors (Lipinski definition) is 5. The minimum absolute atomic E-state index is 0.0632. The van der Waals surface area contributed by atoms with E-state index in [1.807, 2.05) is 20.8 Å². The van der Waals surface area contributed by atoms with Crippen LogP contribution in [0.3, 0.4) is 0 Å². The predicted octanol–water partition coefficient (Wildman–Crippen LogP) is 3.16. The number of para-hydroxylation sites is 1. The highest BCUT2D eigenvalue weighted by atomic mass is 32.1. The monoisotopic (exact) mass is 305 g/mol. The summed E-state index contributed by atoms with van der Waals surface area (Å²) in [7, 11) is 0. The number of benzene rings is 1. The fourth-order valence-corrected chi connectivity index (χ4v) is 3.04. The predicted molar refractivity (Wildman–Crippen MR) is 80.6 cm³/mol. The van der Waals surface area contributed by atoms with Crippen LogP contribution in [0.4, 0.5) is 5.69 Å². The Bertz CT molecular complexity index is 697. The quantitative estimate of drug-likeness (QED) is 0.694. The van der Waals surface area contributed by atoms with Crippen LogP contribution in [0, 0.1) is 24.0 Å². The minimum atomic E-state index is -0.554. The van der Waals surface area contributed by atoms with Crippen LogP contribution in [-0.2, 0) is 0 Å². The molecule has 1 amide bonds. The molecule has 0 aliphatic rings. The van der Waals surface area contributed by atoms with Crippen molar-refractivity contribution in [2.75, 3.05) is 0 Å². The molecule has 0 aliphatic carbocycles. The second-order valence-electron chi connectivity index (χ2n) is 4.65. The molecule has 1 atom stereocenters. The maximum absolute atomic E-state index is 12.2. The molecule has 0 unspecified atom stereocenters. The van der Waals surface area contributed by atoms with Crippen molar-refractivity contribution in [1.29, 1.82) is 0 Å². The zero-order valence-corrected chi connectivity index (χ0v) is 12.7. The zero-order chi connectivity index (χ0) is 15.6. The van der Waals surface area contributed by atoms with Gasteiger partial charge in [0.15, 0.2) is 0 Å². The molecule has 0 fully saturated rings. The summed E-state index contributed by atoms with van der Waals surface area (Å²) in [6.07, 6.45) is 0. The van der Waals surface area contributed by atoms with Gasteiger partial charge in [-0.25, -0.2) is 4.98 Å². The molecular weight excluding hydrogens is 290 g/mol. The molecular formula is C14H15N3O3S. The summed E-state index contributed by atoms with van der Waals surface area (Å²) in [6.45, 7) is 5.62. The molecule has 1 N–H and O–H groups in total. The largest absolute Gasteiger partial charge is 0.344 e. The SMILES string of the molecule is Cc1nc(C)c([C@@H](C)NC(=O)c2ccccc2[N+](=O)[O-])s1. The second kappa shape index (κ2) is 6.01. The number of nitrogens with one attached hydrogen (secondary N) is 1. The van der Waals surface area contributed by atoms with Gasteiger partial charge in [0.2, 0.25) is 0 Å². The van der Waals surface area contributed by atoms with Crippen molar-refractivity contribution < 1.29 is 9.72 Å². The molecule has 0 spiro atoms. The smallest absolute Gasteiger partial charge is 0.282 e. The highest BCUT2D eigenvalue weighted by molar-refractivity contribution is 7.11. The molecule has 0 bridgehead atoms. The van der Waals surface area contributed by atoms with Gasteiger partial charge in [0, 0.05) is 10.9 Å². The topological polar surface area (TPSA) is 85.1 Å². The Hall–Kier alpha value is -2.28. The number of aromatic nitrogens is 1. The molecule has 7 heteroatoms. The summed E-state index contributed by atoms with van der Waals surface area (Å²) >= 11 is 1.51. The number of rotatable bonds is 4. The zero-order valence-electron chi connectivity index (χ0n) is 11.9. The van der Waals surface area contributed by atoms with Crippen LogP contribution in [0.1, 0.15) is 38.9 Å². The number of carbonyl (C=O) groups is 1. The molecule has 2 rings (SSSR count). The van der Waals surface area contributed by atoms with Crippen LogP contribution in [0.5, 0.6) is 0 Å². The lowest BCUT2D eigenvalue weighted by atomic mass is 10.1. The van der Waals surface area contributed by atoms with Crippen molar-refractivity contribution in [2.24, 2.45) is 0 Å². The van der Waals surface area contributed by atoms with Crippen molar-refractivity contribution in [3.05, 3.63) is 55.5 Å². The molecule has 110 valence electrons. The van der Waals surface area contributed by atoms with E-state index in [0.717, 1.165) is 15.6 Å². The first-order valence-corrected chi connectivity index (χ1v) is 7.20. The lowest BCUT2D eigenvalue weighted by Crippen LogP contribution is -2.27. The maximum Gasteiger partial charge on any atom is 0.282 e. The first kappa shape index (κ1) is 15.1. The van der Waals surface area contributed by atoms with E-state index in [0.29, 0.717) is 0 Å². The van der Waals surface area contributed by atoms with Crippen molar-refractivity contribution in [3.63, 3.8) is 0 Å². The van der Waals surface area contributed by atoms with Crippen LogP contribution in [0.15, 0.2) is 24.3 Å². The normalized spacial score (nSPS) is 12.0. The number of hydrogen-bond donors (Lipinski definition) is 1. The van der Waals surface area contributed by atoms with Gasteiger partial charge in [-0.1, -0.05) is 12.1 Å². The second-order valence-corrected chi connectivity index (χ2v) is 5.89. The van der Waals surface area contributed by atoms with Gasteiger partial charge >= 0.3 is 0 Å².